The third-order valence-corrected chi connectivity index (χ3v) is 4.07. The molecule has 2 rings (SSSR count). The lowest BCUT2D eigenvalue weighted by molar-refractivity contribution is 0.359. The summed E-state index contributed by atoms with van der Waals surface area (Å²) in [5.74, 6) is 0.0443. The van der Waals surface area contributed by atoms with Gasteiger partial charge in [-0.1, -0.05) is 32.9 Å². The maximum absolute atomic E-state index is 11.8. The molecule has 2 aromatic rings. The molecular weight excluding hydrogens is 280 g/mol. The van der Waals surface area contributed by atoms with Crippen LogP contribution in [0.4, 0.5) is 17.1 Å². The van der Waals surface area contributed by atoms with Crippen molar-refractivity contribution in [3.63, 3.8) is 0 Å². The maximum atomic E-state index is 11.8. The average molecular weight is 302 g/mol. The van der Waals surface area contributed by atoms with E-state index >= 15 is 0 Å². The molecule has 0 saturated heterocycles. The molecule has 0 saturated carbocycles. The summed E-state index contributed by atoms with van der Waals surface area (Å²) in [4.78, 5) is 23.7. The maximum Gasteiger partial charge on any atom is 0.253 e. The smallest absolute Gasteiger partial charge is 0.253 e. The van der Waals surface area contributed by atoms with Crippen LogP contribution in [0.3, 0.4) is 0 Å². The Kier molecular flexibility index (Phi) is 4.00. The first kappa shape index (κ1) is 16.1. The highest BCUT2D eigenvalue weighted by Gasteiger charge is 2.27. The Labute approximate surface area is 129 Å². The summed E-state index contributed by atoms with van der Waals surface area (Å²) in [5, 5.41) is 15.9. The summed E-state index contributed by atoms with van der Waals surface area (Å²) >= 11 is 0. The van der Waals surface area contributed by atoms with Crippen molar-refractivity contribution in [2.75, 3.05) is 10.6 Å². The number of phenolic OH excluding ortho intramolecular Hbond substituents is 1. The number of anilines is 3. The van der Waals surface area contributed by atoms with Crippen LogP contribution < -0.4 is 21.5 Å². The molecule has 2 aromatic carbocycles. The van der Waals surface area contributed by atoms with E-state index in [1.165, 1.54) is 6.07 Å². The monoisotopic (exact) mass is 302 g/mol. The predicted octanol–water partition coefficient (Wildman–Crippen LogP) is 2.89. The molecule has 5 heteroatoms. The Balaban J connectivity index is 2.33. The van der Waals surface area contributed by atoms with Gasteiger partial charge in [0.05, 0.1) is 5.69 Å². The van der Waals surface area contributed by atoms with Crippen LogP contribution in [0, 0.1) is 12.3 Å². The molecule has 1 atom stereocenters. The van der Waals surface area contributed by atoms with Gasteiger partial charge in [0.2, 0.25) is 0 Å². The van der Waals surface area contributed by atoms with Gasteiger partial charge < -0.3 is 15.7 Å². The van der Waals surface area contributed by atoms with Gasteiger partial charge in [-0.3, -0.25) is 9.59 Å². The van der Waals surface area contributed by atoms with Crippen LogP contribution in [0.1, 0.15) is 33.3 Å². The van der Waals surface area contributed by atoms with Gasteiger partial charge in [-0.25, -0.2) is 0 Å². The van der Waals surface area contributed by atoms with Gasteiger partial charge in [0.1, 0.15) is 17.1 Å². The van der Waals surface area contributed by atoms with Crippen LogP contribution in [0.25, 0.3) is 0 Å². The summed E-state index contributed by atoms with van der Waals surface area (Å²) in [7, 11) is 0. The summed E-state index contributed by atoms with van der Waals surface area (Å²) in [6.45, 7) is 9.94. The Morgan fingerprint density at radius 3 is 2.18 bits per heavy atom. The Bertz CT molecular complexity index is 745. The molecule has 22 heavy (non-hydrogen) atoms. The van der Waals surface area contributed by atoms with Crippen LogP contribution >= 0.6 is 0 Å². The molecule has 0 amide bonds. The number of aromatic hydroxyl groups is 1. The fraction of sp³-hybridized carbons (Fsp3) is 0.412. The molecule has 0 spiro atoms. The van der Waals surface area contributed by atoms with E-state index in [0.717, 1.165) is 5.56 Å². The zero-order valence-corrected chi connectivity index (χ0v) is 13.6. The topological polar surface area (TPSA) is 78.4 Å². The highest BCUT2D eigenvalue weighted by atomic mass is 16.3. The highest BCUT2D eigenvalue weighted by molar-refractivity contribution is 5.81. The quantitative estimate of drug-likeness (QED) is 0.598. The third-order valence-electron chi connectivity index (χ3n) is 4.07. The molecule has 0 fully saturated rings. The van der Waals surface area contributed by atoms with Crippen LogP contribution in [0.15, 0.2) is 27.8 Å². The second-order valence-electron chi connectivity index (χ2n) is 6.73. The first-order valence-electron chi connectivity index (χ1n) is 7.28. The van der Waals surface area contributed by atoms with Gasteiger partial charge >= 0.3 is 0 Å². The zero-order valence-electron chi connectivity index (χ0n) is 13.6. The van der Waals surface area contributed by atoms with Crippen molar-refractivity contribution in [1.29, 1.82) is 0 Å². The molecule has 0 aromatic heterocycles. The highest BCUT2D eigenvalue weighted by Crippen LogP contribution is 2.32. The molecule has 0 aliphatic rings. The summed E-state index contributed by atoms with van der Waals surface area (Å²) in [6, 6.07) is 5.09. The van der Waals surface area contributed by atoms with Crippen LogP contribution in [-0.4, -0.2) is 11.1 Å². The molecular formula is C17H22N2O3. The van der Waals surface area contributed by atoms with Crippen molar-refractivity contribution in [3.8, 4) is 5.75 Å². The number of aryl methyl sites for hydroxylation is 1. The second kappa shape index (κ2) is 5.48. The first-order chi connectivity index (χ1) is 10.1. The van der Waals surface area contributed by atoms with Crippen molar-refractivity contribution < 1.29 is 5.11 Å². The van der Waals surface area contributed by atoms with Gasteiger partial charge in [-0.2, -0.15) is 0 Å². The fourth-order valence-electron chi connectivity index (χ4n) is 2.02. The summed E-state index contributed by atoms with van der Waals surface area (Å²) < 4.78 is 0. The molecule has 5 nitrogen and oxygen atoms in total. The van der Waals surface area contributed by atoms with E-state index in [2.05, 4.69) is 31.4 Å². The Morgan fingerprint density at radius 1 is 1.05 bits per heavy atom. The van der Waals surface area contributed by atoms with Gasteiger partial charge in [0.15, 0.2) is 0 Å². The number of phenols is 1. The van der Waals surface area contributed by atoms with E-state index in [0.29, 0.717) is 5.69 Å². The number of nitrogens with one attached hydrogen (secondary N) is 2. The van der Waals surface area contributed by atoms with E-state index < -0.39 is 10.9 Å². The lowest BCUT2D eigenvalue weighted by Crippen LogP contribution is -2.41. The van der Waals surface area contributed by atoms with E-state index in [4.69, 9.17) is 0 Å². The zero-order chi connectivity index (χ0) is 16.7. The summed E-state index contributed by atoms with van der Waals surface area (Å²) in [5.41, 5.74) is 0.601. The number of para-hydroxylation sites is 1. The summed E-state index contributed by atoms with van der Waals surface area (Å²) in [6.07, 6.45) is 0. The molecule has 0 heterocycles. The molecule has 3 N–H and O–H groups in total. The lowest BCUT2D eigenvalue weighted by Gasteiger charge is -2.30. The molecule has 0 unspecified atom stereocenters. The number of benzene rings is 1. The number of rotatable bonds is 4. The Morgan fingerprint density at radius 2 is 1.64 bits per heavy atom. The fourth-order valence-corrected chi connectivity index (χ4v) is 2.02. The van der Waals surface area contributed by atoms with Crippen LogP contribution in [0.2, 0.25) is 0 Å². The van der Waals surface area contributed by atoms with Gasteiger partial charge in [-0.05, 0) is 30.9 Å². The van der Waals surface area contributed by atoms with Crippen molar-refractivity contribution in [2.24, 2.45) is 5.41 Å². The first-order valence-corrected chi connectivity index (χ1v) is 7.28. The molecule has 0 bridgehead atoms. The minimum atomic E-state index is -0.564. The molecule has 0 aliphatic heterocycles. The SMILES string of the molecule is Cc1cccc(O)c1Nc1c(N[C@H](C)C(C)(C)C)c(=O)c1=O. The molecule has 0 aliphatic carbocycles. The number of hydrogen-bond donors (Lipinski definition) is 3. The van der Waals surface area contributed by atoms with Gasteiger partial charge in [-0.15, -0.1) is 0 Å². The van der Waals surface area contributed by atoms with Crippen molar-refractivity contribution in [3.05, 3.63) is 44.2 Å². The molecule has 0 radical (unpaired) electrons. The van der Waals surface area contributed by atoms with Gasteiger partial charge in [0.25, 0.3) is 10.9 Å². The lowest BCUT2D eigenvalue weighted by atomic mass is 9.87. The van der Waals surface area contributed by atoms with Gasteiger partial charge in [0, 0.05) is 6.04 Å². The minimum absolute atomic E-state index is 0.0156. The van der Waals surface area contributed by atoms with E-state index in [1.54, 1.807) is 6.07 Å². The predicted molar refractivity (Wildman–Crippen MR) is 90.0 cm³/mol. The molecule has 118 valence electrons. The average Bonchev–Trinajstić information content (AvgIpc) is 2.43. The van der Waals surface area contributed by atoms with Crippen LogP contribution in [0.5, 0.6) is 5.75 Å². The third kappa shape index (κ3) is 2.84. The minimum Gasteiger partial charge on any atom is -0.506 e. The van der Waals surface area contributed by atoms with E-state index in [9.17, 15) is 14.7 Å². The number of hydrogen-bond acceptors (Lipinski definition) is 5. The van der Waals surface area contributed by atoms with E-state index in [1.807, 2.05) is 19.9 Å². The van der Waals surface area contributed by atoms with Crippen molar-refractivity contribution in [2.45, 2.75) is 40.7 Å². The largest absolute Gasteiger partial charge is 0.506 e. The van der Waals surface area contributed by atoms with Crippen molar-refractivity contribution in [1.82, 2.24) is 0 Å². The second-order valence-corrected chi connectivity index (χ2v) is 6.73. The van der Waals surface area contributed by atoms with Crippen molar-refractivity contribution >= 4 is 17.1 Å². The van der Waals surface area contributed by atoms with E-state index in [-0.39, 0.29) is 28.6 Å². The standard InChI is InChI=1S/C17H22N2O3/c1-9-7-6-8-11(20)12(9)19-14-13(15(21)16(14)22)18-10(2)17(3,4)5/h6-8,10,18-20H,1-5H3/t10-/m1/s1. The van der Waals surface area contributed by atoms with Crippen LogP contribution in [-0.2, 0) is 0 Å². The normalized spacial score (nSPS) is 13.1. The Hall–Kier alpha value is -2.30.